The molecule has 4 aromatic rings. The van der Waals surface area contributed by atoms with E-state index < -0.39 is 6.04 Å². The van der Waals surface area contributed by atoms with E-state index >= 15 is 0 Å². The Morgan fingerprint density at radius 1 is 1.05 bits per heavy atom. The van der Waals surface area contributed by atoms with Gasteiger partial charge in [-0.05, 0) is 74.1 Å². The van der Waals surface area contributed by atoms with Crippen molar-refractivity contribution in [1.82, 2.24) is 20.1 Å². The van der Waals surface area contributed by atoms with Gasteiger partial charge >= 0.3 is 6.03 Å². The first kappa shape index (κ1) is 30.9. The summed E-state index contributed by atoms with van der Waals surface area (Å²) in [5.41, 5.74) is 5.28. The molecule has 0 aliphatic carbocycles. The Bertz CT molecular complexity index is 1630. The number of hydrogen-bond acceptors (Lipinski definition) is 5. The topological polar surface area (TPSA) is 92.9 Å². The number of methoxy groups -OCH3 is 1. The van der Waals surface area contributed by atoms with Crippen molar-refractivity contribution < 1.29 is 18.7 Å². The van der Waals surface area contributed by atoms with Crippen LogP contribution in [0.25, 0.3) is 10.9 Å². The summed E-state index contributed by atoms with van der Waals surface area (Å²) in [5.74, 6) is -0.413. The molecule has 0 bridgehead atoms. The number of piperazine rings is 1. The maximum atomic E-state index is 14.0. The van der Waals surface area contributed by atoms with Crippen molar-refractivity contribution >= 4 is 34.2 Å². The lowest BCUT2D eigenvalue weighted by atomic mass is 9.92. The molecule has 1 aromatic heterocycles. The highest BCUT2D eigenvalue weighted by atomic mass is 19.1. The lowest BCUT2D eigenvalue weighted by Crippen LogP contribution is -2.56. The van der Waals surface area contributed by atoms with E-state index in [2.05, 4.69) is 20.5 Å². The third kappa shape index (κ3) is 6.81. The predicted molar refractivity (Wildman–Crippen MR) is 173 cm³/mol. The summed E-state index contributed by atoms with van der Waals surface area (Å²) in [6.07, 6.45) is 1.91. The molecular formula is C34H41FN6O3. The number of anilines is 2. The Kier molecular flexibility index (Phi) is 9.39. The average molecular weight is 601 g/mol. The number of aryl methyl sites for hydroxylation is 1. The second kappa shape index (κ2) is 13.4. The van der Waals surface area contributed by atoms with Gasteiger partial charge in [-0.3, -0.25) is 4.79 Å². The van der Waals surface area contributed by atoms with Crippen molar-refractivity contribution in [2.45, 2.75) is 32.4 Å². The normalized spacial score (nSPS) is 14.9. The van der Waals surface area contributed by atoms with Crippen LogP contribution in [0, 0.1) is 12.7 Å². The van der Waals surface area contributed by atoms with Crippen LogP contribution in [-0.4, -0.2) is 80.1 Å². The van der Waals surface area contributed by atoms with Gasteiger partial charge in [0.2, 0.25) is 5.91 Å². The molecule has 9 nitrogen and oxygen atoms in total. The highest BCUT2D eigenvalue weighted by Crippen LogP contribution is 2.31. The third-order valence-corrected chi connectivity index (χ3v) is 8.26. The first-order chi connectivity index (χ1) is 21.1. The second-order valence-electron chi connectivity index (χ2n) is 11.7. The molecule has 3 N–H and O–H groups in total. The number of nitrogens with one attached hydrogen (secondary N) is 3. The molecule has 1 aliphatic heterocycles. The van der Waals surface area contributed by atoms with Crippen molar-refractivity contribution in [3.05, 3.63) is 89.4 Å². The fourth-order valence-corrected chi connectivity index (χ4v) is 5.94. The second-order valence-corrected chi connectivity index (χ2v) is 11.7. The molecule has 2 atom stereocenters. The van der Waals surface area contributed by atoms with Gasteiger partial charge in [0.1, 0.15) is 17.6 Å². The molecule has 5 rings (SSSR count). The molecule has 1 fully saturated rings. The van der Waals surface area contributed by atoms with Crippen molar-refractivity contribution in [2.75, 3.05) is 57.6 Å². The number of urea groups is 1. The maximum Gasteiger partial charge on any atom is 0.318 e. The van der Waals surface area contributed by atoms with E-state index in [9.17, 15) is 14.0 Å². The zero-order chi connectivity index (χ0) is 31.4. The van der Waals surface area contributed by atoms with Crippen LogP contribution in [0.1, 0.15) is 29.5 Å². The molecular weight excluding hydrogens is 559 g/mol. The van der Waals surface area contributed by atoms with Crippen LogP contribution in [-0.2, 0) is 11.3 Å². The molecule has 0 unspecified atom stereocenters. The molecule has 10 heteroatoms. The van der Waals surface area contributed by atoms with E-state index in [0.717, 1.165) is 33.3 Å². The van der Waals surface area contributed by atoms with E-state index in [1.54, 1.807) is 18.1 Å². The molecule has 3 aromatic carbocycles. The van der Waals surface area contributed by atoms with E-state index in [-0.39, 0.29) is 23.7 Å². The fraction of sp³-hybridized carbons (Fsp3) is 0.353. The highest BCUT2D eigenvalue weighted by molar-refractivity contribution is 5.99. The Balaban J connectivity index is 1.37. The molecule has 1 saturated heterocycles. The first-order valence-electron chi connectivity index (χ1n) is 14.9. The summed E-state index contributed by atoms with van der Waals surface area (Å²) in [6.45, 7) is 6.68. The van der Waals surface area contributed by atoms with Crippen LogP contribution in [0.5, 0.6) is 5.75 Å². The van der Waals surface area contributed by atoms with Gasteiger partial charge in [0.15, 0.2) is 0 Å². The third-order valence-electron chi connectivity index (χ3n) is 8.26. The lowest BCUT2D eigenvalue weighted by molar-refractivity contribution is -0.118. The number of para-hydroxylation sites is 1. The Morgan fingerprint density at radius 2 is 1.80 bits per heavy atom. The van der Waals surface area contributed by atoms with Crippen LogP contribution in [0.15, 0.2) is 66.9 Å². The van der Waals surface area contributed by atoms with E-state index in [1.165, 1.54) is 12.1 Å². The summed E-state index contributed by atoms with van der Waals surface area (Å²) in [4.78, 5) is 37.0. The van der Waals surface area contributed by atoms with Gasteiger partial charge in [0, 0.05) is 61.4 Å². The number of carbonyl (C=O) groups excluding carboxylic acids is 2. The summed E-state index contributed by atoms with van der Waals surface area (Å²) in [7, 11) is 5.53. The van der Waals surface area contributed by atoms with Gasteiger partial charge in [-0.2, -0.15) is 0 Å². The Hall–Kier alpha value is -4.57. The van der Waals surface area contributed by atoms with Crippen LogP contribution in [0.4, 0.5) is 20.6 Å². The number of nitrogens with zero attached hydrogens (tertiary/aromatic N) is 3. The Labute approximate surface area is 258 Å². The van der Waals surface area contributed by atoms with Gasteiger partial charge in [-0.15, -0.1) is 0 Å². The predicted octanol–water partition coefficient (Wildman–Crippen LogP) is 5.33. The number of ether oxygens (including phenoxy) is 1. The monoisotopic (exact) mass is 600 g/mol. The average Bonchev–Trinajstić information content (AvgIpc) is 3.44. The number of halogens is 1. The minimum Gasteiger partial charge on any atom is -0.495 e. The van der Waals surface area contributed by atoms with Gasteiger partial charge in [-0.25, -0.2) is 9.18 Å². The number of amides is 3. The molecule has 0 radical (unpaired) electrons. The standard InChI is InChI=1S/C34H41FN6O3/c1-22-18-25(35)11-12-30(22)40-14-16-41(17-15-40)34(43)38-32(23(2)27-20-36-28-9-7-6-8-26(27)28)33(42)37-29-19-24(21-39(3)4)10-13-31(29)44-5/h6-13,18-20,23,32,36H,14-17,21H2,1-5H3,(H,37,42)(H,38,43)/t23-,32-/m1/s1. The zero-order valence-electron chi connectivity index (χ0n) is 26.0. The van der Waals surface area contributed by atoms with Gasteiger partial charge in [0.25, 0.3) is 0 Å². The first-order valence-corrected chi connectivity index (χ1v) is 14.9. The van der Waals surface area contributed by atoms with Crippen LogP contribution in [0.3, 0.4) is 0 Å². The number of H-pyrrole nitrogens is 1. The number of rotatable bonds is 9. The quantitative estimate of drug-likeness (QED) is 0.242. The summed E-state index contributed by atoms with van der Waals surface area (Å²) in [6, 6.07) is 17.2. The lowest BCUT2D eigenvalue weighted by Gasteiger charge is -2.37. The van der Waals surface area contributed by atoms with Gasteiger partial charge in [0.05, 0.1) is 12.8 Å². The Morgan fingerprint density at radius 3 is 2.50 bits per heavy atom. The molecule has 0 saturated carbocycles. The minimum absolute atomic E-state index is 0.264. The number of hydrogen-bond donors (Lipinski definition) is 3. The summed E-state index contributed by atoms with van der Waals surface area (Å²) < 4.78 is 19.2. The summed E-state index contributed by atoms with van der Waals surface area (Å²) in [5, 5.41) is 7.11. The van der Waals surface area contributed by atoms with Crippen molar-refractivity contribution in [3.63, 3.8) is 0 Å². The number of benzene rings is 3. The fourth-order valence-electron chi connectivity index (χ4n) is 5.94. The maximum absolute atomic E-state index is 14.0. The van der Waals surface area contributed by atoms with E-state index in [0.29, 0.717) is 44.2 Å². The molecule has 3 amide bonds. The number of aromatic amines is 1. The van der Waals surface area contributed by atoms with Crippen LogP contribution in [0.2, 0.25) is 0 Å². The van der Waals surface area contributed by atoms with E-state index in [1.807, 2.05) is 81.5 Å². The molecule has 2 heterocycles. The molecule has 0 spiro atoms. The molecule has 1 aliphatic rings. The van der Waals surface area contributed by atoms with Crippen LogP contribution < -0.4 is 20.3 Å². The SMILES string of the molecule is COc1ccc(CN(C)C)cc1NC(=O)[C@H](NC(=O)N1CCN(c2ccc(F)cc2C)CC1)[C@H](C)c1c[nH]c2ccccc12. The van der Waals surface area contributed by atoms with Crippen molar-refractivity contribution in [2.24, 2.45) is 0 Å². The number of aromatic nitrogens is 1. The number of carbonyl (C=O) groups is 2. The van der Waals surface area contributed by atoms with Gasteiger partial charge in [-0.1, -0.05) is 31.2 Å². The zero-order valence-corrected chi connectivity index (χ0v) is 26.0. The van der Waals surface area contributed by atoms with Gasteiger partial charge < -0.3 is 35.1 Å². The molecule has 232 valence electrons. The van der Waals surface area contributed by atoms with Crippen LogP contribution >= 0.6 is 0 Å². The van der Waals surface area contributed by atoms with Crippen molar-refractivity contribution in [1.29, 1.82) is 0 Å². The van der Waals surface area contributed by atoms with E-state index in [4.69, 9.17) is 4.74 Å². The van der Waals surface area contributed by atoms with Crippen molar-refractivity contribution in [3.8, 4) is 5.75 Å². The largest absolute Gasteiger partial charge is 0.495 e. The molecule has 44 heavy (non-hydrogen) atoms. The highest BCUT2D eigenvalue weighted by Gasteiger charge is 2.33. The smallest absolute Gasteiger partial charge is 0.318 e. The number of fused-ring (bicyclic) bond motifs is 1. The summed E-state index contributed by atoms with van der Waals surface area (Å²) >= 11 is 0. The minimum atomic E-state index is -0.874.